The van der Waals surface area contributed by atoms with Crippen molar-refractivity contribution in [3.05, 3.63) is 0 Å². The second kappa shape index (κ2) is 6.80. The van der Waals surface area contributed by atoms with E-state index in [9.17, 15) is 4.79 Å². The molecule has 2 N–H and O–H groups in total. The standard InChI is InChI=1S/C11H21NO3/c1-15-7-3-6-12-8-9-4-2-5-10(9)11(13)14/h9-10,12H,2-8H2,1H3,(H,13,14). The van der Waals surface area contributed by atoms with Gasteiger partial charge in [0.1, 0.15) is 0 Å². The lowest BCUT2D eigenvalue weighted by atomic mass is 9.96. The summed E-state index contributed by atoms with van der Waals surface area (Å²) in [5.74, 6) is -0.429. The number of carbonyl (C=O) groups is 1. The van der Waals surface area contributed by atoms with Crippen LogP contribution in [0.2, 0.25) is 0 Å². The fraction of sp³-hybridized carbons (Fsp3) is 0.909. The molecule has 0 aromatic rings. The summed E-state index contributed by atoms with van der Waals surface area (Å²) < 4.78 is 4.94. The van der Waals surface area contributed by atoms with Crippen LogP contribution in [0.1, 0.15) is 25.7 Å². The van der Waals surface area contributed by atoms with Gasteiger partial charge in [-0.15, -0.1) is 0 Å². The van der Waals surface area contributed by atoms with Crippen LogP contribution in [0, 0.1) is 11.8 Å². The molecule has 1 saturated carbocycles. The summed E-state index contributed by atoms with van der Waals surface area (Å²) in [5, 5.41) is 12.3. The first-order valence-corrected chi connectivity index (χ1v) is 5.68. The third-order valence-electron chi connectivity index (χ3n) is 3.08. The van der Waals surface area contributed by atoms with Crippen LogP contribution in [-0.2, 0) is 9.53 Å². The topological polar surface area (TPSA) is 58.6 Å². The van der Waals surface area contributed by atoms with Crippen molar-refractivity contribution in [2.45, 2.75) is 25.7 Å². The van der Waals surface area contributed by atoms with Gasteiger partial charge in [-0.1, -0.05) is 6.42 Å². The van der Waals surface area contributed by atoms with E-state index in [1.54, 1.807) is 7.11 Å². The molecule has 0 aromatic heterocycles. The fourth-order valence-corrected chi connectivity index (χ4v) is 2.24. The molecule has 15 heavy (non-hydrogen) atoms. The van der Waals surface area contributed by atoms with E-state index in [-0.39, 0.29) is 5.92 Å². The highest BCUT2D eigenvalue weighted by atomic mass is 16.5. The van der Waals surface area contributed by atoms with E-state index in [0.29, 0.717) is 5.92 Å². The third-order valence-corrected chi connectivity index (χ3v) is 3.08. The Balaban J connectivity index is 2.12. The molecule has 0 heterocycles. The van der Waals surface area contributed by atoms with Crippen LogP contribution in [0.3, 0.4) is 0 Å². The highest BCUT2D eigenvalue weighted by molar-refractivity contribution is 5.70. The van der Waals surface area contributed by atoms with Crippen molar-refractivity contribution in [2.75, 3.05) is 26.8 Å². The number of hydrogen-bond donors (Lipinski definition) is 2. The Morgan fingerprint density at radius 2 is 2.33 bits per heavy atom. The molecule has 0 saturated heterocycles. The van der Waals surface area contributed by atoms with Gasteiger partial charge in [-0.25, -0.2) is 0 Å². The lowest BCUT2D eigenvalue weighted by Gasteiger charge is -2.16. The zero-order valence-electron chi connectivity index (χ0n) is 9.37. The van der Waals surface area contributed by atoms with Crippen molar-refractivity contribution in [1.82, 2.24) is 5.32 Å². The van der Waals surface area contributed by atoms with Crippen LogP contribution in [0.4, 0.5) is 0 Å². The van der Waals surface area contributed by atoms with E-state index in [1.807, 2.05) is 0 Å². The van der Waals surface area contributed by atoms with Crippen molar-refractivity contribution in [1.29, 1.82) is 0 Å². The van der Waals surface area contributed by atoms with Crippen LogP contribution in [0.25, 0.3) is 0 Å². The minimum absolute atomic E-state index is 0.125. The Hall–Kier alpha value is -0.610. The van der Waals surface area contributed by atoms with E-state index >= 15 is 0 Å². The van der Waals surface area contributed by atoms with Crippen molar-refractivity contribution in [3.8, 4) is 0 Å². The maximum atomic E-state index is 10.9. The predicted molar refractivity (Wildman–Crippen MR) is 57.8 cm³/mol. The van der Waals surface area contributed by atoms with E-state index < -0.39 is 5.97 Å². The lowest BCUT2D eigenvalue weighted by Crippen LogP contribution is -2.29. The molecule has 0 spiro atoms. The van der Waals surface area contributed by atoms with Crippen molar-refractivity contribution >= 4 is 5.97 Å². The molecule has 4 nitrogen and oxygen atoms in total. The number of rotatable bonds is 7. The van der Waals surface area contributed by atoms with Crippen molar-refractivity contribution < 1.29 is 14.6 Å². The molecular formula is C11H21NO3. The second-order valence-corrected chi connectivity index (χ2v) is 4.19. The molecule has 0 aliphatic heterocycles. The monoisotopic (exact) mass is 215 g/mol. The molecule has 1 aliphatic carbocycles. The summed E-state index contributed by atoms with van der Waals surface area (Å²) in [6.45, 7) is 2.51. The quantitative estimate of drug-likeness (QED) is 0.625. The van der Waals surface area contributed by atoms with Gasteiger partial charge >= 0.3 is 5.97 Å². The molecule has 2 atom stereocenters. The van der Waals surface area contributed by atoms with Crippen molar-refractivity contribution in [2.24, 2.45) is 11.8 Å². The average Bonchev–Trinajstić information content (AvgIpc) is 2.66. The van der Waals surface area contributed by atoms with Crippen LogP contribution in [0.5, 0.6) is 0 Å². The van der Waals surface area contributed by atoms with E-state index in [4.69, 9.17) is 9.84 Å². The molecule has 0 radical (unpaired) electrons. The van der Waals surface area contributed by atoms with Gasteiger partial charge < -0.3 is 15.2 Å². The molecule has 2 unspecified atom stereocenters. The summed E-state index contributed by atoms with van der Waals surface area (Å²) in [6.07, 6.45) is 3.94. The summed E-state index contributed by atoms with van der Waals surface area (Å²) >= 11 is 0. The molecule has 4 heteroatoms. The van der Waals surface area contributed by atoms with Crippen LogP contribution >= 0.6 is 0 Å². The van der Waals surface area contributed by atoms with Crippen molar-refractivity contribution in [3.63, 3.8) is 0 Å². The summed E-state index contributed by atoms with van der Waals surface area (Å²) in [4.78, 5) is 10.9. The van der Waals surface area contributed by atoms with Gasteiger partial charge in [-0.3, -0.25) is 4.79 Å². The fourth-order valence-electron chi connectivity index (χ4n) is 2.24. The SMILES string of the molecule is COCCCNCC1CCCC1C(=O)O. The maximum Gasteiger partial charge on any atom is 0.306 e. The summed E-state index contributed by atoms with van der Waals surface area (Å²) in [7, 11) is 1.69. The molecule has 1 fully saturated rings. The highest BCUT2D eigenvalue weighted by Gasteiger charge is 2.32. The number of aliphatic carboxylic acids is 1. The van der Waals surface area contributed by atoms with Gasteiger partial charge in [-0.05, 0) is 38.3 Å². The van der Waals surface area contributed by atoms with Gasteiger partial charge in [0.05, 0.1) is 5.92 Å². The van der Waals surface area contributed by atoms with Crippen LogP contribution in [-0.4, -0.2) is 37.9 Å². The molecule has 88 valence electrons. The number of hydrogen-bond acceptors (Lipinski definition) is 3. The minimum Gasteiger partial charge on any atom is -0.481 e. The molecule has 0 bridgehead atoms. The Morgan fingerprint density at radius 3 is 3.00 bits per heavy atom. The normalized spacial score (nSPS) is 25.7. The zero-order chi connectivity index (χ0) is 11.1. The largest absolute Gasteiger partial charge is 0.481 e. The molecule has 1 aliphatic rings. The Morgan fingerprint density at radius 1 is 1.53 bits per heavy atom. The maximum absolute atomic E-state index is 10.9. The van der Waals surface area contributed by atoms with Gasteiger partial charge in [0.2, 0.25) is 0 Å². The first kappa shape index (κ1) is 12.5. The zero-order valence-corrected chi connectivity index (χ0v) is 9.37. The average molecular weight is 215 g/mol. The van der Waals surface area contributed by atoms with E-state index in [1.165, 1.54) is 0 Å². The minimum atomic E-state index is -0.629. The third kappa shape index (κ3) is 4.18. The number of ether oxygens (including phenoxy) is 1. The lowest BCUT2D eigenvalue weighted by molar-refractivity contribution is -0.142. The number of carboxylic acid groups (broad SMARTS) is 1. The van der Waals surface area contributed by atoms with Gasteiger partial charge in [-0.2, -0.15) is 0 Å². The van der Waals surface area contributed by atoms with Crippen LogP contribution < -0.4 is 5.32 Å². The van der Waals surface area contributed by atoms with Gasteiger partial charge in [0.15, 0.2) is 0 Å². The summed E-state index contributed by atoms with van der Waals surface area (Å²) in [6, 6.07) is 0. The highest BCUT2D eigenvalue weighted by Crippen LogP contribution is 2.31. The molecule has 0 amide bonds. The van der Waals surface area contributed by atoms with E-state index in [2.05, 4.69) is 5.32 Å². The first-order valence-electron chi connectivity index (χ1n) is 5.68. The van der Waals surface area contributed by atoms with Gasteiger partial charge in [0, 0.05) is 13.7 Å². The first-order chi connectivity index (χ1) is 7.25. The van der Waals surface area contributed by atoms with E-state index in [0.717, 1.165) is 45.4 Å². The number of carboxylic acids is 1. The predicted octanol–water partition coefficient (Wildman–Crippen LogP) is 1.11. The van der Waals surface area contributed by atoms with Crippen LogP contribution in [0.15, 0.2) is 0 Å². The Kier molecular flexibility index (Phi) is 5.65. The molecule has 1 rings (SSSR count). The summed E-state index contributed by atoms with van der Waals surface area (Å²) in [5.41, 5.74) is 0. The smallest absolute Gasteiger partial charge is 0.306 e. The molecular weight excluding hydrogens is 194 g/mol. The second-order valence-electron chi connectivity index (χ2n) is 4.19. The van der Waals surface area contributed by atoms with Gasteiger partial charge in [0.25, 0.3) is 0 Å². The molecule has 0 aromatic carbocycles. The Bertz CT molecular complexity index is 196. The number of methoxy groups -OCH3 is 1. The Labute approximate surface area is 91.0 Å². The number of nitrogens with one attached hydrogen (secondary N) is 1.